The Morgan fingerprint density at radius 1 is 1.25 bits per heavy atom. The van der Waals surface area contributed by atoms with Crippen molar-refractivity contribution in [2.75, 3.05) is 17.6 Å². The fourth-order valence-corrected chi connectivity index (χ4v) is 5.50. The van der Waals surface area contributed by atoms with Crippen LogP contribution in [-0.2, 0) is 4.79 Å². The van der Waals surface area contributed by atoms with Crippen molar-refractivity contribution in [2.24, 2.45) is 0 Å². The van der Waals surface area contributed by atoms with Gasteiger partial charge in [0, 0.05) is 12.6 Å². The van der Waals surface area contributed by atoms with Crippen molar-refractivity contribution in [3.05, 3.63) is 17.8 Å². The zero-order chi connectivity index (χ0) is 19.8. The number of aliphatic carboxylic acids is 1. The molecule has 0 aliphatic heterocycles. The molecule has 0 aromatic carbocycles. The topological polar surface area (TPSA) is 82.5 Å². The molecule has 0 saturated heterocycles. The number of aromatic nitrogens is 1. The van der Waals surface area contributed by atoms with Crippen molar-refractivity contribution in [3.63, 3.8) is 0 Å². The smallest absolute Gasteiger partial charge is 0.323 e. The molecule has 0 atom stereocenters. The van der Waals surface area contributed by atoms with Crippen LogP contribution in [0.25, 0.3) is 0 Å². The molecule has 28 heavy (non-hydrogen) atoms. The van der Waals surface area contributed by atoms with Crippen LogP contribution in [0.3, 0.4) is 0 Å². The minimum Gasteiger partial charge on any atom is -0.481 e. The maximum Gasteiger partial charge on any atom is 0.323 e. The van der Waals surface area contributed by atoms with E-state index in [9.17, 15) is 9.59 Å². The van der Waals surface area contributed by atoms with Crippen molar-refractivity contribution >= 4 is 40.2 Å². The molecule has 1 aromatic rings. The quantitative estimate of drug-likeness (QED) is 0.433. The number of carboxylic acid groups (broad SMARTS) is 1. The molecule has 154 valence electrons. The molecule has 8 heteroatoms. The first-order valence-electron chi connectivity index (χ1n) is 10.2. The number of anilines is 1. The second-order valence-electron chi connectivity index (χ2n) is 7.44. The summed E-state index contributed by atoms with van der Waals surface area (Å²) in [6.45, 7) is 0.758. The van der Waals surface area contributed by atoms with E-state index in [4.69, 9.17) is 5.11 Å². The first-order valence-corrected chi connectivity index (χ1v) is 12.0. The van der Waals surface area contributed by atoms with Gasteiger partial charge in [-0.25, -0.2) is 9.78 Å². The molecule has 1 saturated carbocycles. The maximum atomic E-state index is 13.0. The Morgan fingerprint density at radius 2 is 2.07 bits per heavy atom. The Kier molecular flexibility index (Phi) is 8.21. The first kappa shape index (κ1) is 21.2. The van der Waals surface area contributed by atoms with Gasteiger partial charge in [0.05, 0.1) is 16.2 Å². The third-order valence-corrected chi connectivity index (χ3v) is 7.46. The summed E-state index contributed by atoms with van der Waals surface area (Å²) < 4.78 is 0.800. The number of thioether (sulfide) groups is 1. The SMILES string of the molecule is O=C(O)CSc1cnc(NC(=O)N(CCC2=CCCCC2)C2CCCCC2)s1. The second kappa shape index (κ2) is 10.9. The standard InChI is InChI=1S/C20H29N3O3S2/c24-17(25)14-27-18-13-21-19(28-18)22-20(26)23(16-9-5-2-6-10-16)12-11-15-7-3-1-4-8-15/h7,13,16H,1-6,8-12,14H2,(H,24,25)(H,21,22,26). The lowest BCUT2D eigenvalue weighted by molar-refractivity contribution is -0.133. The highest BCUT2D eigenvalue weighted by Gasteiger charge is 2.26. The third-order valence-electron chi connectivity index (χ3n) is 5.37. The lowest BCUT2D eigenvalue weighted by Crippen LogP contribution is -2.44. The summed E-state index contributed by atoms with van der Waals surface area (Å²) in [6.07, 6.45) is 15.6. The van der Waals surface area contributed by atoms with Crippen LogP contribution in [-0.4, -0.2) is 45.3 Å². The van der Waals surface area contributed by atoms with Crippen LogP contribution < -0.4 is 5.32 Å². The number of hydrogen-bond donors (Lipinski definition) is 2. The van der Waals surface area contributed by atoms with Gasteiger partial charge in [0.15, 0.2) is 5.13 Å². The predicted molar refractivity (Wildman–Crippen MR) is 114 cm³/mol. The van der Waals surface area contributed by atoms with Gasteiger partial charge < -0.3 is 10.0 Å². The van der Waals surface area contributed by atoms with Gasteiger partial charge in [-0.05, 0) is 44.9 Å². The van der Waals surface area contributed by atoms with Gasteiger partial charge >= 0.3 is 12.0 Å². The predicted octanol–water partition coefficient (Wildman–Crippen LogP) is 5.38. The molecule has 0 spiro atoms. The van der Waals surface area contributed by atoms with Gasteiger partial charge in [-0.15, -0.1) is 11.8 Å². The van der Waals surface area contributed by atoms with E-state index in [-0.39, 0.29) is 11.8 Å². The summed E-state index contributed by atoms with van der Waals surface area (Å²) in [5, 5.41) is 12.3. The van der Waals surface area contributed by atoms with E-state index in [0.717, 1.165) is 36.4 Å². The molecular weight excluding hydrogens is 394 g/mol. The van der Waals surface area contributed by atoms with Gasteiger partial charge in [-0.1, -0.05) is 42.2 Å². The van der Waals surface area contributed by atoms with Gasteiger partial charge in [-0.3, -0.25) is 10.1 Å². The number of urea groups is 1. The minimum absolute atomic E-state index is 0.00110. The Bertz CT molecular complexity index is 699. The Morgan fingerprint density at radius 3 is 2.79 bits per heavy atom. The third kappa shape index (κ3) is 6.51. The number of nitrogens with zero attached hydrogens (tertiary/aromatic N) is 2. The summed E-state index contributed by atoms with van der Waals surface area (Å²) in [5.74, 6) is -0.858. The van der Waals surface area contributed by atoms with Gasteiger partial charge in [0.25, 0.3) is 0 Å². The van der Waals surface area contributed by atoms with Crippen molar-refractivity contribution in [3.8, 4) is 0 Å². The minimum atomic E-state index is -0.857. The molecule has 1 fully saturated rings. The van der Waals surface area contributed by atoms with Gasteiger partial charge in [0.2, 0.25) is 0 Å². The summed E-state index contributed by atoms with van der Waals surface area (Å²) in [7, 11) is 0. The van der Waals surface area contributed by atoms with Crippen molar-refractivity contribution < 1.29 is 14.7 Å². The first-order chi connectivity index (χ1) is 13.6. The maximum absolute atomic E-state index is 13.0. The molecule has 0 bridgehead atoms. The van der Waals surface area contributed by atoms with E-state index in [0.29, 0.717) is 11.2 Å². The molecule has 6 nitrogen and oxygen atoms in total. The highest BCUT2D eigenvalue weighted by molar-refractivity contribution is 8.01. The number of thiazole rings is 1. The van der Waals surface area contributed by atoms with Crippen LogP contribution in [0.1, 0.15) is 64.2 Å². The number of allylic oxidation sites excluding steroid dienone is 1. The molecule has 2 N–H and O–H groups in total. The van der Waals surface area contributed by atoms with Crippen LogP contribution in [0.5, 0.6) is 0 Å². The molecule has 1 heterocycles. The second-order valence-corrected chi connectivity index (χ2v) is 9.75. The molecule has 2 aliphatic carbocycles. The number of amides is 2. The molecular formula is C20H29N3O3S2. The Labute approximate surface area is 174 Å². The lowest BCUT2D eigenvalue weighted by atomic mass is 9.93. The highest BCUT2D eigenvalue weighted by atomic mass is 32.2. The van der Waals surface area contributed by atoms with Crippen LogP contribution in [0.15, 0.2) is 22.1 Å². The van der Waals surface area contributed by atoms with Crippen molar-refractivity contribution in [2.45, 2.75) is 74.5 Å². The van der Waals surface area contributed by atoms with E-state index in [2.05, 4.69) is 16.4 Å². The van der Waals surface area contributed by atoms with E-state index in [1.54, 1.807) is 6.20 Å². The molecule has 1 aromatic heterocycles. The summed E-state index contributed by atoms with van der Waals surface area (Å²) in [5.41, 5.74) is 1.49. The van der Waals surface area contributed by atoms with Gasteiger partial charge in [-0.2, -0.15) is 0 Å². The van der Waals surface area contributed by atoms with Crippen LogP contribution in [0.2, 0.25) is 0 Å². The fraction of sp³-hybridized carbons (Fsp3) is 0.650. The highest BCUT2D eigenvalue weighted by Crippen LogP contribution is 2.30. The average Bonchev–Trinajstić information content (AvgIpc) is 3.15. The van der Waals surface area contributed by atoms with Crippen molar-refractivity contribution in [1.29, 1.82) is 0 Å². The normalized spacial score (nSPS) is 17.8. The van der Waals surface area contributed by atoms with Gasteiger partial charge in [0.1, 0.15) is 0 Å². The number of carbonyl (C=O) groups excluding carboxylic acids is 1. The summed E-state index contributed by atoms with van der Waals surface area (Å²) in [4.78, 5) is 30.0. The number of hydrogen-bond acceptors (Lipinski definition) is 5. The molecule has 3 rings (SSSR count). The molecule has 0 unspecified atom stereocenters. The molecule has 2 amide bonds. The van der Waals surface area contributed by atoms with E-state index in [1.807, 2.05) is 4.90 Å². The van der Waals surface area contributed by atoms with Crippen LogP contribution >= 0.6 is 23.1 Å². The number of rotatable bonds is 8. The zero-order valence-corrected chi connectivity index (χ0v) is 17.8. The zero-order valence-electron chi connectivity index (χ0n) is 16.2. The Hall–Kier alpha value is -1.54. The monoisotopic (exact) mass is 423 g/mol. The fourth-order valence-electron chi connectivity index (χ4n) is 3.92. The summed E-state index contributed by atoms with van der Waals surface area (Å²) in [6, 6.07) is 0.228. The van der Waals surface area contributed by atoms with Crippen LogP contribution in [0, 0.1) is 0 Å². The largest absolute Gasteiger partial charge is 0.481 e. The Balaban J connectivity index is 1.60. The van der Waals surface area contributed by atoms with Crippen molar-refractivity contribution in [1.82, 2.24) is 9.88 Å². The number of nitrogens with one attached hydrogen (secondary N) is 1. The van der Waals surface area contributed by atoms with E-state index in [1.165, 1.54) is 67.2 Å². The van der Waals surface area contributed by atoms with Crippen LogP contribution in [0.4, 0.5) is 9.93 Å². The molecule has 2 aliphatic rings. The average molecular weight is 424 g/mol. The molecule has 0 radical (unpaired) electrons. The summed E-state index contributed by atoms with van der Waals surface area (Å²) >= 11 is 2.56. The number of carboxylic acids is 1. The van der Waals surface area contributed by atoms with E-state index < -0.39 is 5.97 Å². The lowest BCUT2D eigenvalue weighted by Gasteiger charge is -2.34. The van der Waals surface area contributed by atoms with E-state index >= 15 is 0 Å². The number of carbonyl (C=O) groups is 2.